The van der Waals surface area contributed by atoms with Crippen LogP contribution >= 0.6 is 0 Å². The standard InChI is InChI=1S/C24H25N5O/c1-18-15-19-7-5-6-10-22(19)29(18)24(30)21-16-26-23(17-25-21)28-13-11-27(12-14-28)20-8-3-2-4-9-20/h2-10,16-18H,11-15H2,1H3. The fourth-order valence-electron chi connectivity index (χ4n) is 4.43. The molecule has 1 unspecified atom stereocenters. The van der Waals surface area contributed by atoms with Crippen molar-refractivity contribution in [1.82, 2.24) is 9.97 Å². The molecule has 1 fully saturated rings. The van der Waals surface area contributed by atoms with Gasteiger partial charge >= 0.3 is 0 Å². The Bertz CT molecular complexity index is 1030. The van der Waals surface area contributed by atoms with Gasteiger partial charge in [0.1, 0.15) is 11.5 Å². The van der Waals surface area contributed by atoms with Crippen molar-refractivity contribution >= 4 is 23.1 Å². The zero-order valence-corrected chi connectivity index (χ0v) is 17.1. The molecule has 0 radical (unpaired) electrons. The van der Waals surface area contributed by atoms with Crippen LogP contribution in [0.4, 0.5) is 17.2 Å². The Balaban J connectivity index is 1.27. The minimum absolute atomic E-state index is 0.0830. The molecular formula is C24H25N5O. The van der Waals surface area contributed by atoms with Crippen LogP contribution in [-0.2, 0) is 6.42 Å². The Kier molecular flexibility index (Phi) is 4.83. The largest absolute Gasteiger partial charge is 0.368 e. The number of anilines is 3. The second-order valence-corrected chi connectivity index (χ2v) is 7.93. The highest BCUT2D eigenvalue weighted by molar-refractivity contribution is 6.06. The highest BCUT2D eigenvalue weighted by Crippen LogP contribution is 2.32. The molecule has 0 bridgehead atoms. The first kappa shape index (κ1) is 18.6. The van der Waals surface area contributed by atoms with Gasteiger partial charge < -0.3 is 14.7 Å². The van der Waals surface area contributed by atoms with Crippen LogP contribution < -0.4 is 14.7 Å². The van der Waals surface area contributed by atoms with Gasteiger partial charge in [-0.15, -0.1) is 0 Å². The van der Waals surface area contributed by atoms with Gasteiger partial charge in [-0.2, -0.15) is 0 Å². The van der Waals surface area contributed by atoms with Crippen molar-refractivity contribution in [3.8, 4) is 0 Å². The molecule has 0 saturated carbocycles. The minimum Gasteiger partial charge on any atom is -0.368 e. The smallest absolute Gasteiger partial charge is 0.278 e. The van der Waals surface area contributed by atoms with Crippen LogP contribution in [0.3, 0.4) is 0 Å². The number of benzene rings is 2. The Hall–Kier alpha value is -3.41. The Morgan fingerprint density at radius 3 is 2.30 bits per heavy atom. The molecule has 2 aliphatic rings. The molecule has 1 aromatic heterocycles. The number of carbonyl (C=O) groups is 1. The molecule has 3 heterocycles. The van der Waals surface area contributed by atoms with Crippen molar-refractivity contribution in [2.24, 2.45) is 0 Å². The van der Waals surface area contributed by atoms with Gasteiger partial charge in [0.25, 0.3) is 5.91 Å². The molecule has 1 atom stereocenters. The lowest BCUT2D eigenvalue weighted by molar-refractivity contribution is 0.0976. The van der Waals surface area contributed by atoms with Gasteiger partial charge in [0.2, 0.25) is 0 Å². The van der Waals surface area contributed by atoms with Gasteiger partial charge in [-0.3, -0.25) is 4.79 Å². The summed E-state index contributed by atoms with van der Waals surface area (Å²) in [6.07, 6.45) is 4.23. The van der Waals surface area contributed by atoms with Crippen molar-refractivity contribution in [2.75, 3.05) is 40.9 Å². The van der Waals surface area contributed by atoms with E-state index in [0.29, 0.717) is 5.69 Å². The summed E-state index contributed by atoms with van der Waals surface area (Å²) in [4.78, 5) is 28.6. The first-order valence-electron chi connectivity index (χ1n) is 10.5. The van der Waals surface area contributed by atoms with Crippen LogP contribution in [-0.4, -0.2) is 48.1 Å². The molecule has 1 amide bonds. The number of nitrogens with zero attached hydrogens (tertiary/aromatic N) is 5. The topological polar surface area (TPSA) is 52.6 Å². The van der Waals surface area contributed by atoms with Gasteiger partial charge in [-0.1, -0.05) is 36.4 Å². The van der Waals surface area contributed by atoms with Gasteiger partial charge in [0, 0.05) is 43.6 Å². The molecule has 30 heavy (non-hydrogen) atoms. The van der Waals surface area contributed by atoms with Crippen molar-refractivity contribution in [2.45, 2.75) is 19.4 Å². The average molecular weight is 399 g/mol. The van der Waals surface area contributed by atoms with E-state index in [2.05, 4.69) is 57.0 Å². The first-order chi connectivity index (χ1) is 14.7. The average Bonchev–Trinajstić information content (AvgIpc) is 3.15. The Morgan fingerprint density at radius 1 is 0.867 bits per heavy atom. The lowest BCUT2D eigenvalue weighted by Crippen LogP contribution is -2.47. The molecule has 3 aromatic rings. The highest BCUT2D eigenvalue weighted by Gasteiger charge is 2.32. The number of carbonyl (C=O) groups excluding carboxylic acids is 1. The number of fused-ring (bicyclic) bond motifs is 1. The maximum Gasteiger partial charge on any atom is 0.278 e. The van der Waals surface area contributed by atoms with Gasteiger partial charge in [0.05, 0.1) is 12.4 Å². The summed E-state index contributed by atoms with van der Waals surface area (Å²) < 4.78 is 0. The summed E-state index contributed by atoms with van der Waals surface area (Å²) in [5.41, 5.74) is 3.84. The summed E-state index contributed by atoms with van der Waals surface area (Å²) in [5.74, 6) is 0.745. The van der Waals surface area contributed by atoms with Crippen LogP contribution in [0.1, 0.15) is 23.0 Å². The van der Waals surface area contributed by atoms with Crippen molar-refractivity contribution in [3.05, 3.63) is 78.2 Å². The summed E-state index contributed by atoms with van der Waals surface area (Å²) in [7, 11) is 0. The molecule has 2 aromatic carbocycles. The quantitative estimate of drug-likeness (QED) is 0.676. The molecule has 152 valence electrons. The number of piperazine rings is 1. The lowest BCUT2D eigenvalue weighted by atomic mass is 10.1. The molecule has 2 aliphatic heterocycles. The fraction of sp³-hybridized carbons (Fsp3) is 0.292. The SMILES string of the molecule is CC1Cc2ccccc2N1C(=O)c1cnc(N2CCN(c3ccccc3)CC2)cn1. The Morgan fingerprint density at radius 2 is 1.57 bits per heavy atom. The van der Waals surface area contributed by atoms with E-state index in [4.69, 9.17) is 0 Å². The zero-order valence-electron chi connectivity index (χ0n) is 17.1. The predicted molar refractivity (Wildman–Crippen MR) is 119 cm³/mol. The normalized spacial score (nSPS) is 18.4. The number of rotatable bonds is 3. The molecule has 6 nitrogen and oxygen atoms in total. The summed E-state index contributed by atoms with van der Waals surface area (Å²) in [6, 6.07) is 18.7. The van der Waals surface area contributed by atoms with E-state index in [0.717, 1.165) is 44.1 Å². The van der Waals surface area contributed by atoms with E-state index in [9.17, 15) is 4.79 Å². The molecule has 0 spiro atoms. The second kappa shape index (κ2) is 7.78. The third-order valence-corrected chi connectivity index (χ3v) is 6.01. The van der Waals surface area contributed by atoms with Gasteiger partial charge in [-0.25, -0.2) is 9.97 Å². The predicted octanol–water partition coefficient (Wildman–Crippen LogP) is 3.39. The van der Waals surface area contributed by atoms with Crippen molar-refractivity contribution < 1.29 is 4.79 Å². The summed E-state index contributed by atoms with van der Waals surface area (Å²) in [5, 5.41) is 0. The van der Waals surface area contributed by atoms with Gasteiger partial charge in [-0.05, 0) is 37.1 Å². The third kappa shape index (κ3) is 3.38. The Labute approximate surface area is 176 Å². The first-order valence-corrected chi connectivity index (χ1v) is 10.5. The van der Waals surface area contributed by atoms with Crippen LogP contribution in [0, 0.1) is 0 Å². The van der Waals surface area contributed by atoms with E-state index >= 15 is 0 Å². The third-order valence-electron chi connectivity index (χ3n) is 6.01. The molecule has 0 N–H and O–H groups in total. The number of aromatic nitrogens is 2. The monoisotopic (exact) mass is 399 g/mol. The molecule has 1 saturated heterocycles. The van der Waals surface area contributed by atoms with E-state index in [1.165, 1.54) is 11.3 Å². The van der Waals surface area contributed by atoms with Crippen molar-refractivity contribution in [3.63, 3.8) is 0 Å². The molecular weight excluding hydrogens is 374 g/mol. The second-order valence-electron chi connectivity index (χ2n) is 7.93. The van der Waals surface area contributed by atoms with Crippen molar-refractivity contribution in [1.29, 1.82) is 0 Å². The van der Waals surface area contributed by atoms with Crippen LogP contribution in [0.15, 0.2) is 67.0 Å². The van der Waals surface area contributed by atoms with E-state index in [1.807, 2.05) is 29.2 Å². The highest BCUT2D eigenvalue weighted by atomic mass is 16.2. The maximum atomic E-state index is 13.1. The molecule has 6 heteroatoms. The van der Waals surface area contributed by atoms with E-state index in [-0.39, 0.29) is 11.9 Å². The van der Waals surface area contributed by atoms with Crippen LogP contribution in [0.25, 0.3) is 0 Å². The summed E-state index contributed by atoms with van der Waals surface area (Å²) >= 11 is 0. The minimum atomic E-state index is -0.0830. The van der Waals surface area contributed by atoms with Crippen LogP contribution in [0.2, 0.25) is 0 Å². The number of hydrogen-bond donors (Lipinski definition) is 0. The zero-order chi connectivity index (χ0) is 20.5. The maximum absolute atomic E-state index is 13.1. The fourth-order valence-corrected chi connectivity index (χ4v) is 4.43. The number of amides is 1. The van der Waals surface area contributed by atoms with Crippen LogP contribution in [0.5, 0.6) is 0 Å². The molecule has 0 aliphatic carbocycles. The van der Waals surface area contributed by atoms with Gasteiger partial charge in [0.15, 0.2) is 0 Å². The lowest BCUT2D eigenvalue weighted by Gasteiger charge is -2.36. The summed E-state index contributed by atoms with van der Waals surface area (Å²) in [6.45, 7) is 5.72. The number of para-hydroxylation sites is 2. The molecule has 5 rings (SSSR count). The van der Waals surface area contributed by atoms with E-state index < -0.39 is 0 Å². The van der Waals surface area contributed by atoms with E-state index in [1.54, 1.807) is 12.4 Å². The number of hydrogen-bond acceptors (Lipinski definition) is 5.